The topological polar surface area (TPSA) is 62.2 Å². The molecule has 3 aromatic rings. The summed E-state index contributed by atoms with van der Waals surface area (Å²) >= 11 is 0. The standard InChI is InChI=1S/C21H19F3N2O2/c1-12-9-18(14-3-6-16(7-4-14)21(22,23)24)26-19-10-15(5-8-17(12)19)20(28)25-13(2)11-27/h3-10,13,27H,11H2,1-2H3,(H,25,28)/t13-/m1/s1. The predicted molar refractivity (Wildman–Crippen MR) is 101 cm³/mol. The Morgan fingerprint density at radius 1 is 1.14 bits per heavy atom. The number of amides is 1. The van der Waals surface area contributed by atoms with E-state index in [2.05, 4.69) is 10.3 Å². The van der Waals surface area contributed by atoms with Crippen LogP contribution in [0.4, 0.5) is 13.2 Å². The number of halogens is 3. The Morgan fingerprint density at radius 3 is 2.43 bits per heavy atom. The molecule has 0 aliphatic carbocycles. The van der Waals surface area contributed by atoms with Crippen LogP contribution in [0.25, 0.3) is 22.2 Å². The number of pyridine rings is 1. The maximum Gasteiger partial charge on any atom is 0.416 e. The third kappa shape index (κ3) is 4.14. The SMILES string of the molecule is Cc1cc(-c2ccc(C(F)(F)F)cc2)nc2cc(C(=O)N[C@H](C)CO)ccc12. The molecule has 0 aliphatic rings. The van der Waals surface area contributed by atoms with Crippen molar-refractivity contribution in [1.29, 1.82) is 0 Å². The molecule has 1 atom stereocenters. The van der Waals surface area contributed by atoms with Crippen molar-refractivity contribution in [1.82, 2.24) is 10.3 Å². The van der Waals surface area contributed by atoms with Crippen LogP contribution in [0.2, 0.25) is 0 Å². The highest BCUT2D eigenvalue weighted by Crippen LogP contribution is 2.31. The van der Waals surface area contributed by atoms with Gasteiger partial charge in [-0.2, -0.15) is 13.2 Å². The van der Waals surface area contributed by atoms with Gasteiger partial charge in [0.05, 0.1) is 23.4 Å². The van der Waals surface area contributed by atoms with Gasteiger partial charge >= 0.3 is 6.18 Å². The molecule has 0 spiro atoms. The van der Waals surface area contributed by atoms with E-state index in [9.17, 15) is 18.0 Å². The van der Waals surface area contributed by atoms with Crippen LogP contribution in [0.5, 0.6) is 0 Å². The van der Waals surface area contributed by atoms with Crippen LogP contribution in [0, 0.1) is 6.92 Å². The monoisotopic (exact) mass is 388 g/mol. The Morgan fingerprint density at radius 2 is 1.82 bits per heavy atom. The van der Waals surface area contributed by atoms with Gasteiger partial charge in [0.2, 0.25) is 0 Å². The zero-order chi connectivity index (χ0) is 20.5. The first-order valence-corrected chi connectivity index (χ1v) is 8.70. The number of aryl methyl sites for hydroxylation is 1. The molecule has 146 valence electrons. The van der Waals surface area contributed by atoms with E-state index in [0.29, 0.717) is 22.3 Å². The molecule has 2 aromatic carbocycles. The fraction of sp³-hybridized carbons (Fsp3) is 0.238. The van der Waals surface area contributed by atoms with E-state index in [-0.39, 0.29) is 18.6 Å². The van der Waals surface area contributed by atoms with Crippen LogP contribution in [0.15, 0.2) is 48.5 Å². The van der Waals surface area contributed by atoms with Gasteiger partial charge in [0.1, 0.15) is 0 Å². The van der Waals surface area contributed by atoms with Crippen molar-refractivity contribution in [3.63, 3.8) is 0 Å². The largest absolute Gasteiger partial charge is 0.416 e. The summed E-state index contributed by atoms with van der Waals surface area (Å²) in [5, 5.41) is 12.6. The first-order valence-electron chi connectivity index (χ1n) is 8.70. The highest BCUT2D eigenvalue weighted by atomic mass is 19.4. The number of hydrogen-bond acceptors (Lipinski definition) is 3. The molecule has 1 heterocycles. The Balaban J connectivity index is 1.99. The summed E-state index contributed by atoms with van der Waals surface area (Å²) in [6.45, 7) is 3.39. The average molecular weight is 388 g/mol. The number of carbonyl (C=O) groups is 1. The van der Waals surface area contributed by atoms with Crippen molar-refractivity contribution >= 4 is 16.8 Å². The normalized spacial score (nSPS) is 12.8. The van der Waals surface area contributed by atoms with Gasteiger partial charge in [0.15, 0.2) is 0 Å². The lowest BCUT2D eigenvalue weighted by Crippen LogP contribution is -2.34. The molecule has 1 amide bonds. The molecule has 0 unspecified atom stereocenters. The number of aliphatic hydroxyl groups excluding tert-OH is 1. The molecule has 0 aliphatic heterocycles. The Hall–Kier alpha value is -2.93. The lowest BCUT2D eigenvalue weighted by molar-refractivity contribution is -0.137. The molecule has 28 heavy (non-hydrogen) atoms. The van der Waals surface area contributed by atoms with Crippen molar-refractivity contribution < 1.29 is 23.1 Å². The Kier molecular flexibility index (Phi) is 5.38. The van der Waals surface area contributed by atoms with Gasteiger partial charge in [0.25, 0.3) is 5.91 Å². The number of benzene rings is 2. The molecule has 1 aromatic heterocycles. The van der Waals surface area contributed by atoms with Gasteiger partial charge in [0, 0.05) is 22.6 Å². The van der Waals surface area contributed by atoms with Gasteiger partial charge in [-0.15, -0.1) is 0 Å². The average Bonchev–Trinajstić information content (AvgIpc) is 2.66. The van der Waals surface area contributed by atoms with E-state index in [1.165, 1.54) is 12.1 Å². The zero-order valence-electron chi connectivity index (χ0n) is 15.3. The van der Waals surface area contributed by atoms with E-state index in [1.54, 1.807) is 31.2 Å². The second-order valence-electron chi connectivity index (χ2n) is 6.69. The van der Waals surface area contributed by atoms with Crippen LogP contribution in [-0.4, -0.2) is 28.6 Å². The van der Waals surface area contributed by atoms with E-state index in [4.69, 9.17) is 5.11 Å². The Labute approximate surface area is 160 Å². The maximum atomic E-state index is 12.8. The highest BCUT2D eigenvalue weighted by molar-refractivity contribution is 5.98. The molecule has 0 saturated heterocycles. The number of nitrogens with zero attached hydrogens (tertiary/aromatic N) is 1. The lowest BCUT2D eigenvalue weighted by atomic mass is 10.0. The minimum absolute atomic E-state index is 0.172. The number of nitrogens with one attached hydrogen (secondary N) is 1. The number of fused-ring (bicyclic) bond motifs is 1. The van der Waals surface area contributed by atoms with E-state index >= 15 is 0 Å². The first-order chi connectivity index (χ1) is 13.2. The number of aliphatic hydroxyl groups is 1. The number of aromatic nitrogens is 1. The summed E-state index contributed by atoms with van der Waals surface area (Å²) in [5.74, 6) is -0.331. The lowest BCUT2D eigenvalue weighted by Gasteiger charge is -2.12. The number of carbonyl (C=O) groups excluding carboxylic acids is 1. The summed E-state index contributed by atoms with van der Waals surface area (Å²) in [4.78, 5) is 16.8. The van der Waals surface area contributed by atoms with Crippen molar-refractivity contribution in [3.8, 4) is 11.3 Å². The highest BCUT2D eigenvalue weighted by Gasteiger charge is 2.30. The van der Waals surface area contributed by atoms with Crippen LogP contribution in [0.1, 0.15) is 28.4 Å². The molecular weight excluding hydrogens is 369 g/mol. The van der Waals surface area contributed by atoms with Crippen LogP contribution >= 0.6 is 0 Å². The zero-order valence-corrected chi connectivity index (χ0v) is 15.3. The first kappa shape index (κ1) is 19.8. The van der Waals surface area contributed by atoms with Gasteiger partial charge in [-0.3, -0.25) is 4.79 Å². The minimum Gasteiger partial charge on any atom is -0.394 e. The summed E-state index contributed by atoms with van der Waals surface area (Å²) in [6, 6.07) is 11.3. The fourth-order valence-corrected chi connectivity index (χ4v) is 2.87. The third-order valence-corrected chi connectivity index (χ3v) is 4.44. The maximum absolute atomic E-state index is 12.8. The molecule has 3 rings (SSSR count). The fourth-order valence-electron chi connectivity index (χ4n) is 2.87. The summed E-state index contributed by atoms with van der Waals surface area (Å²) in [5.41, 5.74) is 2.23. The second kappa shape index (κ2) is 7.59. The van der Waals surface area contributed by atoms with E-state index < -0.39 is 11.7 Å². The van der Waals surface area contributed by atoms with E-state index in [1.807, 2.05) is 6.92 Å². The van der Waals surface area contributed by atoms with Crippen molar-refractivity contribution in [3.05, 3.63) is 65.2 Å². The molecule has 4 nitrogen and oxygen atoms in total. The predicted octanol–water partition coefficient (Wildman–Crippen LogP) is 4.34. The number of alkyl halides is 3. The molecular formula is C21H19F3N2O2. The van der Waals surface area contributed by atoms with Crippen molar-refractivity contribution in [2.75, 3.05) is 6.61 Å². The summed E-state index contributed by atoms with van der Waals surface area (Å²) in [7, 11) is 0. The quantitative estimate of drug-likeness (QED) is 0.699. The summed E-state index contributed by atoms with van der Waals surface area (Å²) in [6.07, 6.45) is -4.39. The van der Waals surface area contributed by atoms with Crippen molar-refractivity contribution in [2.45, 2.75) is 26.1 Å². The molecule has 2 N–H and O–H groups in total. The number of hydrogen-bond donors (Lipinski definition) is 2. The molecule has 0 fully saturated rings. The second-order valence-corrected chi connectivity index (χ2v) is 6.69. The van der Waals surface area contributed by atoms with Crippen LogP contribution in [-0.2, 0) is 6.18 Å². The number of rotatable bonds is 4. The van der Waals surface area contributed by atoms with Gasteiger partial charge in [-0.05, 0) is 49.7 Å². The van der Waals surface area contributed by atoms with Gasteiger partial charge in [-0.25, -0.2) is 4.98 Å². The van der Waals surface area contributed by atoms with E-state index in [0.717, 1.165) is 23.1 Å². The summed E-state index contributed by atoms with van der Waals surface area (Å²) < 4.78 is 38.3. The minimum atomic E-state index is -4.39. The third-order valence-electron chi connectivity index (χ3n) is 4.44. The molecule has 0 radical (unpaired) electrons. The van der Waals surface area contributed by atoms with Crippen molar-refractivity contribution in [2.24, 2.45) is 0 Å². The molecule has 0 bridgehead atoms. The molecule has 0 saturated carbocycles. The van der Waals surface area contributed by atoms with Crippen LogP contribution in [0.3, 0.4) is 0 Å². The van der Waals surface area contributed by atoms with Gasteiger partial charge < -0.3 is 10.4 Å². The van der Waals surface area contributed by atoms with Crippen LogP contribution < -0.4 is 5.32 Å². The molecule has 7 heteroatoms. The van der Waals surface area contributed by atoms with Gasteiger partial charge in [-0.1, -0.05) is 18.2 Å². The smallest absolute Gasteiger partial charge is 0.394 e. The Bertz CT molecular complexity index is 1010.